The van der Waals surface area contributed by atoms with Crippen LogP contribution in [0, 0.1) is 0 Å². The second-order valence-corrected chi connectivity index (χ2v) is 5.41. The maximum absolute atomic E-state index is 11.8. The van der Waals surface area contributed by atoms with E-state index in [9.17, 15) is 4.79 Å². The minimum Gasteiger partial charge on any atom is -0.328 e. The largest absolute Gasteiger partial charge is 0.328 e. The highest BCUT2D eigenvalue weighted by atomic mass is 79.9. The number of rotatable bonds is 2. The van der Waals surface area contributed by atoms with Crippen molar-refractivity contribution in [2.24, 2.45) is 0 Å². The van der Waals surface area contributed by atoms with Crippen LogP contribution in [0.25, 0.3) is 10.8 Å². The number of benzene rings is 2. The number of aromatic nitrogens is 1. The predicted octanol–water partition coefficient (Wildman–Crippen LogP) is 3.88. The van der Waals surface area contributed by atoms with Gasteiger partial charge in [-0.05, 0) is 41.1 Å². The van der Waals surface area contributed by atoms with Gasteiger partial charge in [0.15, 0.2) is 0 Å². The summed E-state index contributed by atoms with van der Waals surface area (Å²) < 4.78 is 1.07. The molecule has 0 aliphatic heterocycles. The molecule has 2 nitrogen and oxygen atoms in total. The van der Waals surface area contributed by atoms with Gasteiger partial charge in [0, 0.05) is 16.1 Å². The van der Waals surface area contributed by atoms with Gasteiger partial charge in [-0.15, -0.1) is 0 Å². The van der Waals surface area contributed by atoms with Crippen LogP contribution in [0.2, 0.25) is 0 Å². The van der Waals surface area contributed by atoms with E-state index in [-0.39, 0.29) is 5.56 Å². The topological polar surface area (TPSA) is 32.9 Å². The van der Waals surface area contributed by atoms with Gasteiger partial charge in [-0.25, -0.2) is 0 Å². The molecule has 1 N–H and O–H groups in total. The molecule has 0 radical (unpaired) electrons. The minimum absolute atomic E-state index is 0.0323. The van der Waals surface area contributed by atoms with Crippen LogP contribution in [0.1, 0.15) is 11.1 Å². The molecule has 0 aliphatic carbocycles. The molecular weight excluding hydrogens is 302 g/mol. The van der Waals surface area contributed by atoms with Crippen LogP contribution >= 0.6 is 15.9 Å². The van der Waals surface area contributed by atoms with Crippen molar-refractivity contribution in [3.8, 4) is 0 Å². The number of fused-ring (bicyclic) bond motifs is 1. The summed E-state index contributed by atoms with van der Waals surface area (Å²) in [5.41, 5.74) is 2.33. The molecule has 0 bridgehead atoms. The minimum atomic E-state index is -0.0323. The van der Waals surface area contributed by atoms with E-state index < -0.39 is 0 Å². The molecule has 0 amide bonds. The van der Waals surface area contributed by atoms with Crippen molar-refractivity contribution in [1.82, 2.24) is 4.98 Å². The molecule has 2 aromatic carbocycles. The molecule has 0 saturated heterocycles. The van der Waals surface area contributed by atoms with E-state index in [2.05, 4.69) is 33.0 Å². The third-order valence-electron chi connectivity index (χ3n) is 3.20. The van der Waals surface area contributed by atoms with Gasteiger partial charge < -0.3 is 4.98 Å². The summed E-state index contributed by atoms with van der Waals surface area (Å²) in [6.45, 7) is 0. The number of pyridine rings is 1. The molecule has 3 aromatic rings. The predicted molar refractivity (Wildman–Crippen MR) is 81.5 cm³/mol. The Hall–Kier alpha value is -1.87. The average molecular weight is 314 g/mol. The fourth-order valence-corrected chi connectivity index (χ4v) is 2.50. The van der Waals surface area contributed by atoms with E-state index in [1.807, 2.05) is 42.6 Å². The molecule has 3 heteroatoms. The van der Waals surface area contributed by atoms with E-state index in [1.54, 1.807) is 0 Å². The van der Waals surface area contributed by atoms with E-state index in [4.69, 9.17) is 0 Å². The number of aromatic amines is 1. The quantitative estimate of drug-likeness (QED) is 0.765. The second kappa shape index (κ2) is 5.02. The summed E-state index contributed by atoms with van der Waals surface area (Å²) in [5, 5.41) is 1.77. The third kappa shape index (κ3) is 2.47. The lowest BCUT2D eigenvalue weighted by molar-refractivity contribution is 1.15. The summed E-state index contributed by atoms with van der Waals surface area (Å²) in [6, 6.07) is 16.0. The monoisotopic (exact) mass is 313 g/mol. The summed E-state index contributed by atoms with van der Waals surface area (Å²) in [7, 11) is 0. The smallest absolute Gasteiger partial charge is 0.255 e. The summed E-state index contributed by atoms with van der Waals surface area (Å²) in [6.07, 6.45) is 2.62. The lowest BCUT2D eigenvalue weighted by Gasteiger charge is -2.06. The van der Waals surface area contributed by atoms with Crippen LogP contribution in [0.3, 0.4) is 0 Å². The zero-order chi connectivity index (χ0) is 13.2. The van der Waals surface area contributed by atoms with Gasteiger partial charge in [0.1, 0.15) is 0 Å². The van der Waals surface area contributed by atoms with Crippen molar-refractivity contribution in [1.29, 1.82) is 0 Å². The van der Waals surface area contributed by atoms with E-state index >= 15 is 0 Å². The van der Waals surface area contributed by atoms with Crippen LogP contribution < -0.4 is 5.56 Å². The summed E-state index contributed by atoms with van der Waals surface area (Å²) >= 11 is 3.43. The zero-order valence-corrected chi connectivity index (χ0v) is 11.8. The van der Waals surface area contributed by atoms with E-state index in [0.717, 1.165) is 27.2 Å². The Labute approximate surface area is 119 Å². The van der Waals surface area contributed by atoms with Crippen molar-refractivity contribution < 1.29 is 0 Å². The van der Waals surface area contributed by atoms with Crippen LogP contribution in [0.15, 0.2) is 64.0 Å². The molecular formula is C16H12BrNO. The van der Waals surface area contributed by atoms with Crippen molar-refractivity contribution in [3.05, 3.63) is 80.7 Å². The van der Waals surface area contributed by atoms with E-state index in [0.29, 0.717) is 0 Å². The Morgan fingerprint density at radius 1 is 0.947 bits per heavy atom. The van der Waals surface area contributed by atoms with Crippen molar-refractivity contribution in [2.45, 2.75) is 6.42 Å². The SMILES string of the molecule is O=c1[nH]cc(Cc2ccc(Br)cc2)c2ccccc12. The maximum Gasteiger partial charge on any atom is 0.255 e. The normalized spacial score (nSPS) is 10.8. The standard InChI is InChI=1S/C16H12BrNO/c17-13-7-5-11(6-8-13)9-12-10-18-16(19)15-4-2-1-3-14(12)15/h1-8,10H,9H2,(H,18,19). The van der Waals surface area contributed by atoms with Gasteiger partial charge in [0.25, 0.3) is 5.56 Å². The molecule has 0 saturated carbocycles. The Balaban J connectivity index is 2.08. The third-order valence-corrected chi connectivity index (χ3v) is 3.73. The highest BCUT2D eigenvalue weighted by Gasteiger charge is 2.04. The fraction of sp³-hybridized carbons (Fsp3) is 0.0625. The molecule has 19 heavy (non-hydrogen) atoms. The number of halogens is 1. The zero-order valence-electron chi connectivity index (χ0n) is 10.2. The molecule has 0 unspecified atom stereocenters. The molecule has 0 atom stereocenters. The van der Waals surface area contributed by atoms with E-state index in [1.165, 1.54) is 5.56 Å². The van der Waals surface area contributed by atoms with Gasteiger partial charge in [0.2, 0.25) is 0 Å². The maximum atomic E-state index is 11.8. The van der Waals surface area contributed by atoms with Gasteiger partial charge in [0.05, 0.1) is 0 Å². The Kier molecular flexibility index (Phi) is 3.22. The Morgan fingerprint density at radius 3 is 2.37 bits per heavy atom. The highest BCUT2D eigenvalue weighted by molar-refractivity contribution is 9.10. The first kappa shape index (κ1) is 12.2. The highest BCUT2D eigenvalue weighted by Crippen LogP contribution is 2.19. The van der Waals surface area contributed by atoms with Gasteiger partial charge in [-0.3, -0.25) is 4.79 Å². The lowest BCUT2D eigenvalue weighted by Crippen LogP contribution is -2.07. The first-order chi connectivity index (χ1) is 9.24. The van der Waals surface area contributed by atoms with Gasteiger partial charge in [-0.1, -0.05) is 46.3 Å². The second-order valence-electron chi connectivity index (χ2n) is 4.49. The first-order valence-electron chi connectivity index (χ1n) is 6.08. The number of H-pyrrole nitrogens is 1. The Bertz CT molecular complexity index is 775. The van der Waals surface area contributed by atoms with Crippen LogP contribution in [-0.2, 0) is 6.42 Å². The lowest BCUT2D eigenvalue weighted by atomic mass is 10.0. The van der Waals surface area contributed by atoms with Crippen molar-refractivity contribution in [2.75, 3.05) is 0 Å². The van der Waals surface area contributed by atoms with Crippen molar-refractivity contribution >= 4 is 26.7 Å². The number of nitrogens with one attached hydrogen (secondary N) is 1. The molecule has 1 aromatic heterocycles. The number of hydrogen-bond donors (Lipinski definition) is 1. The molecule has 94 valence electrons. The number of hydrogen-bond acceptors (Lipinski definition) is 1. The molecule has 0 fully saturated rings. The fourth-order valence-electron chi connectivity index (χ4n) is 2.24. The first-order valence-corrected chi connectivity index (χ1v) is 6.87. The van der Waals surface area contributed by atoms with Gasteiger partial charge in [-0.2, -0.15) is 0 Å². The van der Waals surface area contributed by atoms with Gasteiger partial charge >= 0.3 is 0 Å². The summed E-state index contributed by atoms with van der Waals surface area (Å²) in [4.78, 5) is 14.6. The Morgan fingerprint density at radius 2 is 1.63 bits per heavy atom. The molecule has 3 rings (SSSR count). The van der Waals surface area contributed by atoms with Crippen LogP contribution in [-0.4, -0.2) is 4.98 Å². The molecule has 0 aliphatic rings. The molecule has 0 spiro atoms. The van der Waals surface area contributed by atoms with Crippen LogP contribution in [0.4, 0.5) is 0 Å². The van der Waals surface area contributed by atoms with Crippen molar-refractivity contribution in [3.63, 3.8) is 0 Å². The summed E-state index contributed by atoms with van der Waals surface area (Å²) in [5.74, 6) is 0. The van der Waals surface area contributed by atoms with Crippen LogP contribution in [0.5, 0.6) is 0 Å². The molecule has 1 heterocycles. The average Bonchev–Trinajstić information content (AvgIpc) is 2.45.